The number of nitrogens with zero attached hydrogens (tertiary/aromatic N) is 1. The molecule has 7 heteroatoms. The number of benzene rings is 1. The Bertz CT molecular complexity index is 828. The number of aliphatic hydroxyl groups excluding tert-OH is 1. The van der Waals surface area contributed by atoms with Crippen LogP contribution in [0.1, 0.15) is 84.6 Å². The number of esters is 2. The predicted molar refractivity (Wildman–Crippen MR) is 139 cm³/mol. The molecule has 0 aliphatic carbocycles. The van der Waals surface area contributed by atoms with Crippen LogP contribution in [0, 0.1) is 11.8 Å². The molecule has 0 radical (unpaired) electrons. The van der Waals surface area contributed by atoms with E-state index >= 15 is 0 Å². The zero-order valence-electron chi connectivity index (χ0n) is 22.7. The van der Waals surface area contributed by atoms with Gasteiger partial charge in [-0.15, -0.1) is 0 Å². The molecule has 202 valence electrons. The van der Waals surface area contributed by atoms with Crippen molar-refractivity contribution >= 4 is 17.8 Å². The van der Waals surface area contributed by atoms with Gasteiger partial charge in [-0.3, -0.25) is 14.4 Å². The molecule has 1 saturated heterocycles. The fraction of sp³-hybridized carbons (Fsp3) is 0.690. The maximum absolute atomic E-state index is 13.6. The first-order valence-electron chi connectivity index (χ1n) is 13.6. The van der Waals surface area contributed by atoms with E-state index in [1.807, 2.05) is 44.2 Å². The van der Waals surface area contributed by atoms with Crippen molar-refractivity contribution in [3.63, 3.8) is 0 Å². The van der Waals surface area contributed by atoms with E-state index in [2.05, 4.69) is 6.92 Å². The summed E-state index contributed by atoms with van der Waals surface area (Å²) in [7, 11) is 1.60. The van der Waals surface area contributed by atoms with Crippen LogP contribution in [-0.4, -0.2) is 59.3 Å². The third-order valence-electron chi connectivity index (χ3n) is 7.40. The first-order valence-corrected chi connectivity index (χ1v) is 13.6. The van der Waals surface area contributed by atoms with Crippen molar-refractivity contribution in [3.05, 3.63) is 35.9 Å². The van der Waals surface area contributed by atoms with Crippen molar-refractivity contribution in [2.45, 2.75) is 110 Å². The van der Waals surface area contributed by atoms with Crippen LogP contribution in [0.2, 0.25) is 0 Å². The van der Waals surface area contributed by atoms with E-state index in [1.54, 1.807) is 14.0 Å². The van der Waals surface area contributed by atoms with Gasteiger partial charge in [0, 0.05) is 13.0 Å². The lowest BCUT2D eigenvalue weighted by Crippen LogP contribution is -2.53. The molecule has 1 fully saturated rings. The summed E-state index contributed by atoms with van der Waals surface area (Å²) in [5.74, 6) is -2.38. The molecule has 7 nitrogen and oxygen atoms in total. The van der Waals surface area contributed by atoms with Crippen LogP contribution in [0.4, 0.5) is 0 Å². The molecule has 6 atom stereocenters. The monoisotopic (exact) mass is 503 g/mol. The van der Waals surface area contributed by atoms with Crippen LogP contribution >= 0.6 is 0 Å². The van der Waals surface area contributed by atoms with Crippen LogP contribution in [0.25, 0.3) is 0 Å². The Morgan fingerprint density at radius 2 is 1.69 bits per heavy atom. The van der Waals surface area contributed by atoms with Gasteiger partial charge in [-0.25, -0.2) is 0 Å². The summed E-state index contributed by atoms with van der Waals surface area (Å²) in [6.07, 6.45) is 3.71. The molecule has 1 aromatic carbocycles. The Balaban J connectivity index is 2.34. The Morgan fingerprint density at radius 3 is 2.33 bits per heavy atom. The van der Waals surface area contributed by atoms with Gasteiger partial charge < -0.3 is 19.5 Å². The molecule has 2 rings (SSSR count). The van der Waals surface area contributed by atoms with Gasteiger partial charge in [0.05, 0.1) is 24.5 Å². The molecule has 1 heterocycles. The van der Waals surface area contributed by atoms with Gasteiger partial charge >= 0.3 is 11.9 Å². The third kappa shape index (κ3) is 8.61. The predicted octanol–water partition coefficient (Wildman–Crippen LogP) is 4.69. The third-order valence-corrected chi connectivity index (χ3v) is 7.40. The van der Waals surface area contributed by atoms with Crippen molar-refractivity contribution in [1.82, 2.24) is 4.90 Å². The lowest BCUT2D eigenvalue weighted by atomic mass is 9.94. The van der Waals surface area contributed by atoms with Gasteiger partial charge in [-0.1, -0.05) is 76.8 Å². The second kappa shape index (κ2) is 15.0. The summed E-state index contributed by atoms with van der Waals surface area (Å²) in [4.78, 5) is 41.1. The topological polar surface area (TPSA) is 93.1 Å². The lowest BCUT2D eigenvalue weighted by Gasteiger charge is -2.37. The van der Waals surface area contributed by atoms with Crippen molar-refractivity contribution in [3.8, 4) is 0 Å². The number of cyclic esters (lactones) is 2. The number of carbonyl (C=O) groups excluding carboxylic acids is 3. The van der Waals surface area contributed by atoms with E-state index in [1.165, 1.54) is 4.90 Å². The minimum atomic E-state index is -1.13. The van der Waals surface area contributed by atoms with Gasteiger partial charge in [-0.2, -0.15) is 0 Å². The second-order valence-electron chi connectivity index (χ2n) is 10.2. The Kier molecular flexibility index (Phi) is 12.4. The largest absolute Gasteiger partial charge is 0.461 e. The second-order valence-corrected chi connectivity index (χ2v) is 10.2. The number of aliphatic hydroxyl groups is 1. The highest BCUT2D eigenvalue weighted by atomic mass is 16.6. The van der Waals surface area contributed by atoms with E-state index in [0.717, 1.165) is 37.7 Å². The quantitative estimate of drug-likeness (QED) is 0.368. The van der Waals surface area contributed by atoms with Crippen LogP contribution < -0.4 is 0 Å². The van der Waals surface area contributed by atoms with Crippen LogP contribution in [-0.2, 0) is 30.3 Å². The smallest absolute Gasteiger partial charge is 0.313 e. The molecule has 1 amide bonds. The standard InChI is InChI=1S/C29H45NO6/c1-6-8-9-10-14-17-25-21(4)29(34)36-27(20(3)7-2)28(33)30(5)23(24(31)19-26(32)35-25)18-22-15-12-11-13-16-22/h11-13,15-16,20-21,23-25,27,31H,6-10,14,17-19H2,1-5H3/t20?,21-,23-,24-,25+,27-/m0/s1. The number of hydrogen-bond donors (Lipinski definition) is 1. The van der Waals surface area contributed by atoms with E-state index in [0.29, 0.717) is 19.3 Å². The summed E-state index contributed by atoms with van der Waals surface area (Å²) < 4.78 is 11.6. The summed E-state index contributed by atoms with van der Waals surface area (Å²) in [6.45, 7) is 7.67. The number of hydrogen-bond acceptors (Lipinski definition) is 6. The zero-order valence-corrected chi connectivity index (χ0v) is 22.7. The molecule has 1 unspecified atom stereocenters. The van der Waals surface area contributed by atoms with Crippen molar-refractivity contribution in [2.24, 2.45) is 11.8 Å². The molecule has 1 aromatic rings. The number of unbranched alkanes of at least 4 members (excludes halogenated alkanes) is 4. The Labute approximate surface area is 216 Å². The fourth-order valence-corrected chi connectivity index (χ4v) is 4.64. The average molecular weight is 504 g/mol. The highest BCUT2D eigenvalue weighted by molar-refractivity contribution is 5.85. The minimum absolute atomic E-state index is 0.205. The first kappa shape index (κ1) is 29.8. The first-order chi connectivity index (χ1) is 17.2. The summed E-state index contributed by atoms with van der Waals surface area (Å²) in [5.41, 5.74) is 0.928. The fourth-order valence-electron chi connectivity index (χ4n) is 4.64. The normalized spacial score (nSPS) is 27.0. The summed E-state index contributed by atoms with van der Waals surface area (Å²) in [5, 5.41) is 11.1. The van der Waals surface area contributed by atoms with E-state index in [9.17, 15) is 19.5 Å². The molecule has 0 spiro atoms. The molecule has 1 N–H and O–H groups in total. The van der Waals surface area contributed by atoms with E-state index in [4.69, 9.17) is 9.47 Å². The Hall–Kier alpha value is -2.41. The van der Waals surface area contributed by atoms with Crippen molar-refractivity contribution < 1.29 is 29.0 Å². The molecular weight excluding hydrogens is 458 g/mol. The highest BCUT2D eigenvalue weighted by Gasteiger charge is 2.40. The molecule has 1 aliphatic rings. The average Bonchev–Trinajstić information content (AvgIpc) is 2.87. The number of carbonyl (C=O) groups is 3. The Morgan fingerprint density at radius 1 is 1.03 bits per heavy atom. The van der Waals surface area contributed by atoms with Gasteiger partial charge in [0.1, 0.15) is 6.10 Å². The summed E-state index contributed by atoms with van der Waals surface area (Å²) in [6, 6.07) is 8.84. The van der Waals surface area contributed by atoms with E-state index < -0.39 is 42.2 Å². The highest BCUT2D eigenvalue weighted by Crippen LogP contribution is 2.25. The van der Waals surface area contributed by atoms with Crippen LogP contribution in [0.15, 0.2) is 30.3 Å². The van der Waals surface area contributed by atoms with Crippen molar-refractivity contribution in [1.29, 1.82) is 0 Å². The number of ether oxygens (including phenoxy) is 2. The molecule has 0 saturated carbocycles. The minimum Gasteiger partial charge on any atom is -0.461 e. The van der Waals surface area contributed by atoms with Crippen LogP contribution in [0.5, 0.6) is 0 Å². The van der Waals surface area contributed by atoms with Gasteiger partial charge in [0.2, 0.25) is 0 Å². The molecule has 36 heavy (non-hydrogen) atoms. The molecule has 0 aromatic heterocycles. The van der Waals surface area contributed by atoms with Gasteiger partial charge in [-0.05, 0) is 38.2 Å². The zero-order chi connectivity index (χ0) is 26.7. The maximum atomic E-state index is 13.6. The maximum Gasteiger partial charge on any atom is 0.313 e. The number of likely N-dealkylation sites (N-methyl/N-ethyl adjacent to an activating group) is 1. The SMILES string of the molecule is CCCCCCC[C@H]1OC(=O)C[C@H](O)[C@H](Cc2ccccc2)N(C)C(=O)[C@H](C(C)CC)OC(=O)[C@H]1C. The van der Waals surface area contributed by atoms with Crippen molar-refractivity contribution in [2.75, 3.05) is 7.05 Å². The van der Waals surface area contributed by atoms with Gasteiger partial charge in [0.25, 0.3) is 5.91 Å². The number of rotatable bonds is 10. The van der Waals surface area contributed by atoms with Gasteiger partial charge in [0.15, 0.2) is 6.10 Å². The lowest BCUT2D eigenvalue weighted by molar-refractivity contribution is -0.177. The number of amides is 1. The molecule has 0 bridgehead atoms. The molecular formula is C29H45NO6. The summed E-state index contributed by atoms with van der Waals surface area (Å²) >= 11 is 0. The molecule has 1 aliphatic heterocycles. The van der Waals surface area contributed by atoms with E-state index in [-0.39, 0.29) is 18.2 Å². The van der Waals surface area contributed by atoms with Crippen LogP contribution in [0.3, 0.4) is 0 Å².